The lowest BCUT2D eigenvalue weighted by Gasteiger charge is -2.39. The third-order valence-electron chi connectivity index (χ3n) is 7.18. The molecule has 5 rings (SSSR count). The molecule has 1 fully saturated rings. The van der Waals surface area contributed by atoms with Gasteiger partial charge >= 0.3 is 0 Å². The van der Waals surface area contributed by atoms with Gasteiger partial charge in [-0.2, -0.15) is 0 Å². The Morgan fingerprint density at radius 3 is 2.58 bits per heavy atom. The van der Waals surface area contributed by atoms with Crippen LogP contribution < -0.4 is 9.64 Å². The Hall–Kier alpha value is -2.57. The predicted molar refractivity (Wildman–Crippen MR) is 147 cm³/mol. The smallest absolute Gasteiger partial charge is 0.258 e. The highest BCUT2D eigenvalue weighted by Gasteiger charge is 2.46. The molecule has 3 heterocycles. The first-order chi connectivity index (χ1) is 17.4. The number of pyridine rings is 1. The van der Waals surface area contributed by atoms with E-state index in [2.05, 4.69) is 28.1 Å². The number of halogens is 3. The summed E-state index contributed by atoms with van der Waals surface area (Å²) in [5.74, 6) is 0.746. The third-order valence-corrected chi connectivity index (χ3v) is 8.12. The number of anilines is 1. The number of nitrogens with zero attached hydrogens (tertiary/aromatic N) is 3. The van der Waals surface area contributed by atoms with E-state index >= 15 is 0 Å². The maximum Gasteiger partial charge on any atom is 0.258 e. The highest BCUT2D eigenvalue weighted by Crippen LogP contribution is 2.48. The Kier molecular flexibility index (Phi) is 7.27. The predicted octanol–water partition coefficient (Wildman–Crippen LogP) is 6.76. The Balaban J connectivity index is 1.32. The lowest BCUT2D eigenvalue weighted by atomic mass is 9.74. The molecule has 2 aliphatic heterocycles. The molecule has 2 aromatic carbocycles. The van der Waals surface area contributed by atoms with Crippen molar-refractivity contribution in [1.82, 2.24) is 9.88 Å². The van der Waals surface area contributed by atoms with Gasteiger partial charge in [0.25, 0.3) is 5.91 Å². The Bertz CT molecular complexity index is 1320. The number of piperidine rings is 1. The van der Waals surface area contributed by atoms with Crippen molar-refractivity contribution in [1.29, 1.82) is 0 Å². The molecule has 3 aromatic rings. The average molecular weight is 543 g/mol. The number of likely N-dealkylation sites (tertiary alicyclic amines) is 1. The number of rotatable bonds is 5. The van der Waals surface area contributed by atoms with Gasteiger partial charge in [-0.15, -0.1) is 0 Å². The molecule has 1 saturated heterocycles. The van der Waals surface area contributed by atoms with Gasteiger partial charge in [-0.1, -0.05) is 53.0 Å². The fraction of sp³-hybridized carbons (Fsp3) is 0.286. The van der Waals surface area contributed by atoms with E-state index in [4.69, 9.17) is 39.5 Å². The van der Waals surface area contributed by atoms with Crippen LogP contribution in [0.4, 0.5) is 5.69 Å². The lowest BCUT2D eigenvalue weighted by Crippen LogP contribution is -2.46. The van der Waals surface area contributed by atoms with Gasteiger partial charge in [0.2, 0.25) is 0 Å². The van der Waals surface area contributed by atoms with Gasteiger partial charge in [-0.25, -0.2) is 4.98 Å². The topological polar surface area (TPSA) is 45.7 Å². The van der Waals surface area contributed by atoms with Crippen LogP contribution in [0, 0.1) is 0 Å². The third kappa shape index (κ3) is 4.98. The van der Waals surface area contributed by atoms with E-state index in [0.717, 1.165) is 49.5 Å². The molecule has 186 valence electrons. The van der Waals surface area contributed by atoms with Crippen LogP contribution in [0.15, 0.2) is 60.8 Å². The number of hydrogen-bond acceptors (Lipinski definition) is 4. The van der Waals surface area contributed by atoms with Crippen LogP contribution in [-0.4, -0.2) is 49.1 Å². The summed E-state index contributed by atoms with van der Waals surface area (Å²) in [5.41, 5.74) is 3.59. The van der Waals surface area contributed by atoms with Gasteiger partial charge in [-0.3, -0.25) is 9.69 Å². The highest BCUT2D eigenvalue weighted by molar-refractivity contribution is 6.42. The molecule has 5 nitrogen and oxygen atoms in total. The number of carbonyl (C=O) groups is 1. The number of carbonyl (C=O) groups excluding carboxylic acids is 1. The number of benzene rings is 2. The number of fused-ring (bicyclic) bond motifs is 2. The van der Waals surface area contributed by atoms with Crippen molar-refractivity contribution in [2.45, 2.75) is 18.3 Å². The Labute approximate surface area is 226 Å². The number of methoxy groups -OCH3 is 1. The molecule has 1 aromatic heterocycles. The van der Waals surface area contributed by atoms with Gasteiger partial charge in [0.15, 0.2) is 0 Å². The fourth-order valence-corrected chi connectivity index (χ4v) is 5.67. The zero-order valence-electron chi connectivity index (χ0n) is 19.9. The second-order valence-electron chi connectivity index (χ2n) is 9.30. The molecule has 0 saturated carbocycles. The maximum absolute atomic E-state index is 13.5. The Morgan fingerprint density at radius 2 is 1.86 bits per heavy atom. The molecule has 0 unspecified atom stereocenters. The minimum Gasteiger partial charge on any atom is -0.497 e. The summed E-state index contributed by atoms with van der Waals surface area (Å²) in [6.45, 7) is 3.36. The summed E-state index contributed by atoms with van der Waals surface area (Å²) in [6, 6.07) is 15.0. The van der Waals surface area contributed by atoms with Gasteiger partial charge in [0.1, 0.15) is 10.9 Å². The van der Waals surface area contributed by atoms with Gasteiger partial charge in [-0.05, 0) is 79.5 Å². The van der Waals surface area contributed by atoms with Crippen molar-refractivity contribution in [3.05, 3.63) is 92.7 Å². The van der Waals surface area contributed by atoms with E-state index in [0.29, 0.717) is 27.3 Å². The van der Waals surface area contributed by atoms with Crippen LogP contribution in [0.3, 0.4) is 0 Å². The van der Waals surface area contributed by atoms with E-state index in [1.54, 1.807) is 25.4 Å². The van der Waals surface area contributed by atoms with Crippen LogP contribution >= 0.6 is 34.8 Å². The molecule has 0 radical (unpaired) electrons. The molecule has 2 aliphatic rings. The number of hydrogen-bond donors (Lipinski definition) is 0. The van der Waals surface area contributed by atoms with E-state index in [1.807, 2.05) is 35.2 Å². The second kappa shape index (κ2) is 10.4. The van der Waals surface area contributed by atoms with Gasteiger partial charge < -0.3 is 9.64 Å². The van der Waals surface area contributed by atoms with Crippen molar-refractivity contribution < 1.29 is 9.53 Å². The standard InChI is InChI=1S/C28H26Cl3N3O2/c1-36-21-5-7-25-22(17-21)28(18-34(25)27(35)20-8-11-32-26(31)16-20)9-13-33(14-10-28)12-2-3-19-4-6-23(29)24(30)15-19/h2-8,11,15-17H,9-10,12-14,18H2,1H3/b3-2+. The molecular formula is C28H26Cl3N3O2. The first-order valence-electron chi connectivity index (χ1n) is 11.8. The van der Waals surface area contributed by atoms with Crippen LogP contribution in [-0.2, 0) is 5.41 Å². The van der Waals surface area contributed by atoms with Gasteiger partial charge in [0.05, 0.1) is 17.2 Å². The van der Waals surface area contributed by atoms with Crippen LogP contribution in [0.5, 0.6) is 5.75 Å². The zero-order chi connectivity index (χ0) is 25.3. The minimum absolute atomic E-state index is 0.0606. The summed E-state index contributed by atoms with van der Waals surface area (Å²) in [6.07, 6.45) is 7.71. The SMILES string of the molecule is COc1ccc2c(c1)C1(CCN(C/C=C/c3ccc(Cl)c(Cl)c3)CC1)CN2C(=O)c1ccnc(Cl)c1. The van der Waals surface area contributed by atoms with E-state index in [1.165, 1.54) is 5.56 Å². The van der Waals surface area contributed by atoms with E-state index in [-0.39, 0.29) is 11.3 Å². The fourth-order valence-electron chi connectivity index (χ4n) is 5.19. The largest absolute Gasteiger partial charge is 0.497 e. The second-order valence-corrected chi connectivity index (χ2v) is 10.5. The summed E-state index contributed by atoms with van der Waals surface area (Å²) >= 11 is 18.2. The number of amides is 1. The monoisotopic (exact) mass is 541 g/mol. The van der Waals surface area contributed by atoms with Crippen molar-refractivity contribution in [2.75, 3.05) is 38.2 Å². The maximum atomic E-state index is 13.5. The molecule has 1 amide bonds. The summed E-state index contributed by atoms with van der Waals surface area (Å²) in [5, 5.41) is 1.43. The minimum atomic E-state index is -0.111. The first-order valence-corrected chi connectivity index (χ1v) is 13.0. The van der Waals surface area contributed by atoms with Crippen LogP contribution in [0.1, 0.15) is 34.3 Å². The van der Waals surface area contributed by atoms with Crippen molar-refractivity contribution in [3.63, 3.8) is 0 Å². The first kappa shape index (κ1) is 25.1. The van der Waals surface area contributed by atoms with Crippen molar-refractivity contribution in [2.24, 2.45) is 0 Å². The number of ether oxygens (including phenoxy) is 1. The number of aromatic nitrogens is 1. The molecule has 0 bridgehead atoms. The average Bonchev–Trinajstić information content (AvgIpc) is 3.20. The molecule has 0 aliphatic carbocycles. The van der Waals surface area contributed by atoms with E-state index < -0.39 is 0 Å². The van der Waals surface area contributed by atoms with Crippen LogP contribution in [0.25, 0.3) is 6.08 Å². The molecule has 1 spiro atoms. The van der Waals surface area contributed by atoms with Gasteiger partial charge in [0, 0.05) is 36.0 Å². The zero-order valence-corrected chi connectivity index (χ0v) is 22.2. The quantitative estimate of drug-likeness (QED) is 0.334. The highest BCUT2D eigenvalue weighted by atomic mass is 35.5. The van der Waals surface area contributed by atoms with E-state index in [9.17, 15) is 4.79 Å². The molecule has 8 heteroatoms. The molecule has 36 heavy (non-hydrogen) atoms. The normalized spacial score (nSPS) is 17.1. The van der Waals surface area contributed by atoms with Crippen molar-refractivity contribution in [3.8, 4) is 5.75 Å². The molecule has 0 N–H and O–H groups in total. The molecule has 0 atom stereocenters. The summed E-state index contributed by atoms with van der Waals surface area (Å²) in [7, 11) is 1.67. The van der Waals surface area contributed by atoms with Crippen LogP contribution in [0.2, 0.25) is 15.2 Å². The van der Waals surface area contributed by atoms with Crippen molar-refractivity contribution >= 4 is 52.5 Å². The summed E-state index contributed by atoms with van der Waals surface area (Å²) < 4.78 is 5.54. The molecular weight excluding hydrogens is 517 g/mol. The lowest BCUT2D eigenvalue weighted by molar-refractivity contribution is 0.0977. The Morgan fingerprint density at radius 1 is 1.06 bits per heavy atom. The summed E-state index contributed by atoms with van der Waals surface area (Å²) in [4.78, 5) is 21.8.